The zero-order chi connectivity index (χ0) is 14.7. The van der Waals surface area contributed by atoms with Gasteiger partial charge in [-0.15, -0.1) is 0 Å². The SMILES string of the molecule is FC(F)(Sc1ccc(Cl)cc1)C12CC3CC(CC(C3)C1)C2. The molecule has 4 aliphatic rings. The Morgan fingerprint density at radius 3 is 1.90 bits per heavy atom. The van der Waals surface area contributed by atoms with Crippen molar-refractivity contribution in [3.63, 3.8) is 0 Å². The fraction of sp³-hybridized carbons (Fsp3) is 0.647. The summed E-state index contributed by atoms with van der Waals surface area (Å²) in [5.74, 6) is 1.65. The maximum absolute atomic E-state index is 15.1. The molecule has 1 aromatic carbocycles. The van der Waals surface area contributed by atoms with Crippen LogP contribution in [0.15, 0.2) is 29.2 Å². The van der Waals surface area contributed by atoms with Crippen molar-refractivity contribution in [2.45, 2.75) is 48.7 Å². The average molecular weight is 329 g/mol. The molecule has 4 bridgehead atoms. The van der Waals surface area contributed by atoms with E-state index in [9.17, 15) is 0 Å². The highest BCUT2D eigenvalue weighted by atomic mass is 35.5. The minimum Gasteiger partial charge on any atom is -0.193 e. The second kappa shape index (κ2) is 4.86. The normalized spacial score (nSPS) is 38.0. The van der Waals surface area contributed by atoms with Crippen molar-refractivity contribution < 1.29 is 8.78 Å². The van der Waals surface area contributed by atoms with Crippen LogP contribution in [0.3, 0.4) is 0 Å². The van der Waals surface area contributed by atoms with E-state index in [4.69, 9.17) is 11.6 Å². The van der Waals surface area contributed by atoms with Gasteiger partial charge in [0.05, 0.1) is 0 Å². The van der Waals surface area contributed by atoms with Crippen molar-refractivity contribution in [1.29, 1.82) is 0 Å². The fourth-order valence-electron chi connectivity index (χ4n) is 5.23. The van der Waals surface area contributed by atoms with Gasteiger partial charge in [0.15, 0.2) is 0 Å². The van der Waals surface area contributed by atoms with E-state index in [1.54, 1.807) is 24.3 Å². The van der Waals surface area contributed by atoms with Gasteiger partial charge in [0.1, 0.15) is 0 Å². The number of benzene rings is 1. The summed E-state index contributed by atoms with van der Waals surface area (Å²) in [7, 11) is 0. The van der Waals surface area contributed by atoms with Crippen molar-refractivity contribution in [1.82, 2.24) is 0 Å². The van der Waals surface area contributed by atoms with E-state index >= 15 is 8.78 Å². The molecule has 0 radical (unpaired) electrons. The van der Waals surface area contributed by atoms with E-state index < -0.39 is 10.7 Å². The lowest BCUT2D eigenvalue weighted by atomic mass is 9.49. The summed E-state index contributed by atoms with van der Waals surface area (Å²) >= 11 is 6.59. The number of hydrogen-bond donors (Lipinski definition) is 0. The monoisotopic (exact) mass is 328 g/mol. The maximum atomic E-state index is 15.1. The molecule has 0 heterocycles. The third kappa shape index (κ3) is 2.41. The van der Waals surface area contributed by atoms with Crippen LogP contribution in [0.2, 0.25) is 5.02 Å². The Bertz CT molecular complexity index is 505. The van der Waals surface area contributed by atoms with Crippen LogP contribution >= 0.6 is 23.4 Å². The second-order valence-corrected chi connectivity index (χ2v) is 8.90. The third-order valence-corrected chi connectivity index (χ3v) is 7.16. The molecule has 0 atom stereocenters. The van der Waals surface area contributed by atoms with Crippen LogP contribution in [0.1, 0.15) is 38.5 Å². The summed E-state index contributed by atoms with van der Waals surface area (Å²) in [5, 5.41) is -2.07. The largest absolute Gasteiger partial charge is 0.303 e. The summed E-state index contributed by atoms with van der Waals surface area (Å²) < 4.78 is 30.2. The fourth-order valence-corrected chi connectivity index (χ4v) is 6.39. The molecule has 4 fully saturated rings. The Morgan fingerprint density at radius 2 is 1.43 bits per heavy atom. The number of hydrogen-bond acceptors (Lipinski definition) is 1. The Kier molecular flexibility index (Phi) is 3.31. The number of rotatable bonds is 3. The average Bonchev–Trinajstić information content (AvgIpc) is 2.39. The Hall–Kier alpha value is -0.280. The van der Waals surface area contributed by atoms with Crippen LogP contribution in [0, 0.1) is 23.2 Å². The van der Waals surface area contributed by atoms with E-state index in [2.05, 4.69) is 0 Å². The lowest BCUT2D eigenvalue weighted by Crippen LogP contribution is -2.53. The van der Waals surface area contributed by atoms with Gasteiger partial charge in [0.2, 0.25) is 0 Å². The van der Waals surface area contributed by atoms with Crippen LogP contribution in [0.5, 0.6) is 0 Å². The topological polar surface area (TPSA) is 0 Å². The van der Waals surface area contributed by atoms with E-state index in [0.29, 0.717) is 27.7 Å². The van der Waals surface area contributed by atoms with Crippen LogP contribution < -0.4 is 0 Å². The first-order valence-corrected chi connectivity index (χ1v) is 8.98. The maximum Gasteiger partial charge on any atom is 0.303 e. The molecule has 0 unspecified atom stereocenters. The van der Waals surface area contributed by atoms with Crippen LogP contribution in [-0.2, 0) is 0 Å². The van der Waals surface area contributed by atoms with E-state index in [-0.39, 0.29) is 0 Å². The van der Waals surface area contributed by atoms with E-state index in [0.717, 1.165) is 31.0 Å². The summed E-state index contributed by atoms with van der Waals surface area (Å²) in [6, 6.07) is 6.81. The number of halogens is 3. The summed E-state index contributed by atoms with van der Waals surface area (Å²) in [6.07, 6.45) is 5.77. The van der Waals surface area contributed by atoms with Crippen molar-refractivity contribution >= 4 is 23.4 Å². The molecule has 4 saturated carbocycles. The molecule has 0 aromatic heterocycles. The molecule has 4 aliphatic carbocycles. The van der Waals surface area contributed by atoms with Gasteiger partial charge < -0.3 is 0 Å². The molecule has 114 valence electrons. The van der Waals surface area contributed by atoms with Gasteiger partial charge in [-0.2, -0.15) is 8.78 Å². The quantitative estimate of drug-likeness (QED) is 0.592. The molecule has 5 rings (SSSR count). The Morgan fingerprint density at radius 1 is 0.952 bits per heavy atom. The highest BCUT2D eigenvalue weighted by molar-refractivity contribution is 8.00. The van der Waals surface area contributed by atoms with Crippen LogP contribution in [0.4, 0.5) is 8.78 Å². The smallest absolute Gasteiger partial charge is 0.193 e. The molecule has 0 spiro atoms. The van der Waals surface area contributed by atoms with Crippen molar-refractivity contribution in [2.24, 2.45) is 23.2 Å². The highest BCUT2D eigenvalue weighted by Crippen LogP contribution is 2.67. The molecule has 4 heteroatoms. The molecular weight excluding hydrogens is 310 g/mol. The summed E-state index contributed by atoms with van der Waals surface area (Å²) in [5.41, 5.74) is -0.758. The highest BCUT2D eigenvalue weighted by Gasteiger charge is 2.62. The number of alkyl halides is 2. The van der Waals surface area contributed by atoms with E-state index in [1.807, 2.05) is 0 Å². The van der Waals surface area contributed by atoms with E-state index in [1.165, 1.54) is 19.3 Å². The minimum absolute atomic E-state index is 0.549. The molecule has 1 aromatic rings. The first-order valence-electron chi connectivity index (χ1n) is 7.78. The van der Waals surface area contributed by atoms with Crippen LogP contribution in [-0.4, -0.2) is 5.25 Å². The summed E-state index contributed by atoms with van der Waals surface area (Å²) in [6.45, 7) is 0. The van der Waals surface area contributed by atoms with Crippen molar-refractivity contribution in [2.75, 3.05) is 0 Å². The van der Waals surface area contributed by atoms with Crippen molar-refractivity contribution in [3.8, 4) is 0 Å². The molecule has 21 heavy (non-hydrogen) atoms. The van der Waals surface area contributed by atoms with Gasteiger partial charge in [-0.1, -0.05) is 23.4 Å². The first kappa shape index (κ1) is 14.3. The zero-order valence-electron chi connectivity index (χ0n) is 11.8. The molecule has 0 saturated heterocycles. The molecule has 0 nitrogen and oxygen atoms in total. The Labute approximate surface area is 133 Å². The van der Waals surface area contributed by atoms with Crippen LogP contribution in [0.25, 0.3) is 0 Å². The van der Waals surface area contributed by atoms with Gasteiger partial charge in [-0.05, 0) is 80.5 Å². The standard InChI is InChI=1S/C17H19ClF2S/c18-14-1-3-15(4-2-14)21-17(19,20)16-8-11-5-12(9-16)7-13(6-11)10-16/h1-4,11-13H,5-10H2. The van der Waals surface area contributed by atoms with Gasteiger partial charge in [-0.25, -0.2) is 0 Å². The van der Waals surface area contributed by atoms with Gasteiger partial charge in [0.25, 0.3) is 0 Å². The predicted octanol–water partition coefficient (Wildman–Crippen LogP) is 6.24. The summed E-state index contributed by atoms with van der Waals surface area (Å²) in [4.78, 5) is 0.625. The second-order valence-electron chi connectivity index (χ2n) is 7.27. The minimum atomic E-state index is -2.67. The molecule has 0 N–H and O–H groups in total. The lowest BCUT2D eigenvalue weighted by molar-refractivity contribution is -0.153. The van der Waals surface area contributed by atoms with Gasteiger partial charge >= 0.3 is 5.25 Å². The third-order valence-electron chi connectivity index (χ3n) is 5.72. The van der Waals surface area contributed by atoms with Crippen molar-refractivity contribution in [3.05, 3.63) is 29.3 Å². The van der Waals surface area contributed by atoms with Gasteiger partial charge in [-0.3, -0.25) is 0 Å². The molecular formula is C17H19ClF2S. The Balaban J connectivity index is 1.60. The molecule has 0 aliphatic heterocycles. The zero-order valence-corrected chi connectivity index (χ0v) is 13.4. The lowest BCUT2D eigenvalue weighted by Gasteiger charge is -2.58. The predicted molar refractivity (Wildman–Crippen MR) is 82.9 cm³/mol. The first-order chi connectivity index (χ1) is 9.96. The van der Waals surface area contributed by atoms with Gasteiger partial charge in [0, 0.05) is 15.3 Å². The molecule has 0 amide bonds. The number of thioether (sulfide) groups is 1.